The fraction of sp³-hybridized carbons (Fsp3) is 1.00. The Balaban J connectivity index is 2.40. The quantitative estimate of drug-likeness (QED) is 0.718. The molecule has 3 atom stereocenters. The van der Waals surface area contributed by atoms with E-state index in [1.54, 1.807) is 0 Å². The van der Waals surface area contributed by atoms with Crippen LogP contribution in [0.5, 0.6) is 0 Å². The van der Waals surface area contributed by atoms with Crippen LogP contribution in [-0.2, 0) is 0 Å². The third kappa shape index (κ3) is 2.96. The van der Waals surface area contributed by atoms with Crippen molar-refractivity contribution in [2.75, 3.05) is 20.1 Å². The highest BCUT2D eigenvalue weighted by Crippen LogP contribution is 2.23. The second kappa shape index (κ2) is 4.97. The van der Waals surface area contributed by atoms with E-state index < -0.39 is 0 Å². The molecule has 3 unspecified atom stereocenters. The minimum absolute atomic E-state index is 0.688. The van der Waals surface area contributed by atoms with Gasteiger partial charge in [-0.05, 0) is 46.2 Å². The number of hydrogen-bond acceptors (Lipinski definition) is 2. The molecule has 0 aliphatic carbocycles. The summed E-state index contributed by atoms with van der Waals surface area (Å²) in [6.45, 7) is 9.45. The first kappa shape index (κ1) is 11.0. The van der Waals surface area contributed by atoms with Gasteiger partial charge in [0, 0.05) is 18.6 Å². The fourth-order valence-electron chi connectivity index (χ4n) is 2.49. The average molecular weight is 184 g/mol. The van der Waals surface area contributed by atoms with E-state index in [-0.39, 0.29) is 0 Å². The lowest BCUT2D eigenvalue weighted by atomic mass is 9.92. The summed E-state index contributed by atoms with van der Waals surface area (Å²) in [6.07, 6.45) is 2.74. The second-order valence-corrected chi connectivity index (χ2v) is 4.62. The highest BCUT2D eigenvalue weighted by atomic mass is 15.2. The molecule has 1 rings (SSSR count). The zero-order valence-electron chi connectivity index (χ0n) is 9.51. The van der Waals surface area contributed by atoms with Crippen LogP contribution in [0.15, 0.2) is 0 Å². The molecule has 0 spiro atoms. The van der Waals surface area contributed by atoms with Crippen LogP contribution in [0.1, 0.15) is 33.6 Å². The van der Waals surface area contributed by atoms with Gasteiger partial charge in [0.25, 0.3) is 0 Å². The van der Waals surface area contributed by atoms with E-state index in [9.17, 15) is 0 Å². The van der Waals surface area contributed by atoms with Crippen molar-refractivity contribution in [3.63, 3.8) is 0 Å². The van der Waals surface area contributed by atoms with Gasteiger partial charge in [-0.25, -0.2) is 0 Å². The second-order valence-electron chi connectivity index (χ2n) is 4.62. The average Bonchev–Trinajstić information content (AvgIpc) is 2.04. The van der Waals surface area contributed by atoms with Crippen molar-refractivity contribution in [3.05, 3.63) is 0 Å². The van der Waals surface area contributed by atoms with Crippen LogP contribution in [0.2, 0.25) is 0 Å². The van der Waals surface area contributed by atoms with Crippen molar-refractivity contribution in [1.29, 1.82) is 0 Å². The van der Waals surface area contributed by atoms with E-state index in [4.69, 9.17) is 0 Å². The van der Waals surface area contributed by atoms with Crippen LogP contribution in [0.4, 0.5) is 0 Å². The van der Waals surface area contributed by atoms with E-state index in [0.29, 0.717) is 6.04 Å². The highest BCUT2D eigenvalue weighted by molar-refractivity contribution is 4.81. The lowest BCUT2D eigenvalue weighted by Crippen LogP contribution is -2.48. The summed E-state index contributed by atoms with van der Waals surface area (Å²) in [5, 5.41) is 3.25. The van der Waals surface area contributed by atoms with Gasteiger partial charge in [-0.15, -0.1) is 0 Å². The molecule has 1 saturated heterocycles. The molecule has 1 aliphatic heterocycles. The standard InChI is InChI=1S/C11H24N2/c1-9-5-6-13(10(2)7-9)11(3)8-12-4/h9-12H,5-8H2,1-4H3. The van der Waals surface area contributed by atoms with E-state index in [1.165, 1.54) is 19.4 Å². The molecule has 13 heavy (non-hydrogen) atoms. The van der Waals surface area contributed by atoms with Crippen molar-refractivity contribution in [3.8, 4) is 0 Å². The molecule has 1 fully saturated rings. The lowest BCUT2D eigenvalue weighted by molar-refractivity contribution is 0.0899. The number of nitrogens with zero attached hydrogens (tertiary/aromatic N) is 1. The van der Waals surface area contributed by atoms with Crippen molar-refractivity contribution in [2.24, 2.45) is 5.92 Å². The minimum Gasteiger partial charge on any atom is -0.318 e. The molecule has 2 nitrogen and oxygen atoms in total. The molecule has 78 valence electrons. The van der Waals surface area contributed by atoms with Crippen LogP contribution < -0.4 is 5.32 Å². The summed E-state index contributed by atoms with van der Waals surface area (Å²) in [7, 11) is 2.04. The van der Waals surface area contributed by atoms with Gasteiger partial charge in [0.1, 0.15) is 0 Å². The number of nitrogens with one attached hydrogen (secondary N) is 1. The van der Waals surface area contributed by atoms with Crippen LogP contribution in [0.25, 0.3) is 0 Å². The predicted octanol–water partition coefficient (Wildman–Crippen LogP) is 1.71. The Morgan fingerprint density at radius 2 is 2.15 bits per heavy atom. The Hall–Kier alpha value is -0.0800. The van der Waals surface area contributed by atoms with Crippen LogP contribution in [0, 0.1) is 5.92 Å². The van der Waals surface area contributed by atoms with Gasteiger partial charge in [-0.2, -0.15) is 0 Å². The zero-order valence-corrected chi connectivity index (χ0v) is 9.51. The molecule has 2 heteroatoms. The van der Waals surface area contributed by atoms with Crippen molar-refractivity contribution >= 4 is 0 Å². The molecule has 1 N–H and O–H groups in total. The van der Waals surface area contributed by atoms with Gasteiger partial charge in [-0.3, -0.25) is 4.90 Å². The van der Waals surface area contributed by atoms with E-state index in [2.05, 4.69) is 31.0 Å². The number of likely N-dealkylation sites (tertiary alicyclic amines) is 1. The first-order chi connectivity index (χ1) is 6.15. The lowest BCUT2D eigenvalue weighted by Gasteiger charge is -2.40. The van der Waals surface area contributed by atoms with Crippen LogP contribution in [-0.4, -0.2) is 37.1 Å². The number of hydrogen-bond donors (Lipinski definition) is 1. The smallest absolute Gasteiger partial charge is 0.0195 e. The molecule has 1 aliphatic rings. The zero-order chi connectivity index (χ0) is 9.84. The topological polar surface area (TPSA) is 15.3 Å². The first-order valence-electron chi connectivity index (χ1n) is 5.55. The number of likely N-dealkylation sites (N-methyl/N-ethyl adjacent to an activating group) is 1. The number of rotatable bonds is 3. The van der Waals surface area contributed by atoms with E-state index in [0.717, 1.165) is 18.5 Å². The maximum atomic E-state index is 3.25. The van der Waals surface area contributed by atoms with Gasteiger partial charge in [0.15, 0.2) is 0 Å². The molecule has 0 amide bonds. The maximum absolute atomic E-state index is 3.25. The summed E-state index contributed by atoms with van der Waals surface area (Å²) in [5.74, 6) is 0.924. The minimum atomic E-state index is 0.688. The van der Waals surface area contributed by atoms with Crippen molar-refractivity contribution < 1.29 is 0 Å². The summed E-state index contributed by atoms with van der Waals surface area (Å²) < 4.78 is 0. The van der Waals surface area contributed by atoms with E-state index >= 15 is 0 Å². The largest absolute Gasteiger partial charge is 0.318 e. The molecular formula is C11H24N2. The molecule has 0 saturated carbocycles. The molecule has 0 radical (unpaired) electrons. The molecular weight excluding hydrogens is 160 g/mol. The molecule has 0 aromatic carbocycles. The molecule has 0 aromatic heterocycles. The SMILES string of the molecule is CNCC(C)N1CCC(C)CC1C. The summed E-state index contributed by atoms with van der Waals surface area (Å²) in [6, 6.07) is 1.46. The van der Waals surface area contributed by atoms with Gasteiger partial charge >= 0.3 is 0 Å². The van der Waals surface area contributed by atoms with Gasteiger partial charge in [0.2, 0.25) is 0 Å². The van der Waals surface area contributed by atoms with Gasteiger partial charge in [0.05, 0.1) is 0 Å². The van der Waals surface area contributed by atoms with Crippen molar-refractivity contribution in [2.45, 2.75) is 45.7 Å². The summed E-state index contributed by atoms with van der Waals surface area (Å²) >= 11 is 0. The molecule has 0 aromatic rings. The molecule has 1 heterocycles. The van der Waals surface area contributed by atoms with Crippen LogP contribution in [0.3, 0.4) is 0 Å². The third-order valence-electron chi connectivity index (χ3n) is 3.26. The van der Waals surface area contributed by atoms with Crippen molar-refractivity contribution in [1.82, 2.24) is 10.2 Å². The predicted molar refractivity (Wildman–Crippen MR) is 58.0 cm³/mol. The van der Waals surface area contributed by atoms with E-state index in [1.807, 2.05) is 7.05 Å². The highest BCUT2D eigenvalue weighted by Gasteiger charge is 2.25. The summed E-state index contributed by atoms with van der Waals surface area (Å²) in [4.78, 5) is 2.64. The monoisotopic (exact) mass is 184 g/mol. The third-order valence-corrected chi connectivity index (χ3v) is 3.26. The van der Waals surface area contributed by atoms with Crippen LogP contribution >= 0.6 is 0 Å². The number of piperidine rings is 1. The Morgan fingerprint density at radius 3 is 2.69 bits per heavy atom. The Labute approximate surface area is 82.7 Å². The normalized spacial score (nSPS) is 33.2. The fourth-order valence-corrected chi connectivity index (χ4v) is 2.49. The van der Waals surface area contributed by atoms with Gasteiger partial charge < -0.3 is 5.32 Å². The Bertz CT molecular complexity index is 143. The molecule has 0 bridgehead atoms. The Kier molecular flexibility index (Phi) is 4.20. The summed E-state index contributed by atoms with van der Waals surface area (Å²) in [5.41, 5.74) is 0. The first-order valence-corrected chi connectivity index (χ1v) is 5.55. The van der Waals surface area contributed by atoms with Gasteiger partial charge in [-0.1, -0.05) is 6.92 Å². The maximum Gasteiger partial charge on any atom is 0.0195 e. The Morgan fingerprint density at radius 1 is 1.46 bits per heavy atom.